The van der Waals surface area contributed by atoms with E-state index in [1.54, 1.807) is 0 Å². The molecule has 0 saturated heterocycles. The number of hydrogen-bond acceptors (Lipinski definition) is 2. The van der Waals surface area contributed by atoms with E-state index in [4.69, 9.17) is 4.74 Å². The van der Waals surface area contributed by atoms with Gasteiger partial charge in [0.05, 0.1) is 6.61 Å². The molecule has 2 heteroatoms. The molecule has 3 rings (SSSR count). The van der Waals surface area contributed by atoms with E-state index in [1.807, 2.05) is 0 Å². The van der Waals surface area contributed by atoms with Gasteiger partial charge < -0.3 is 4.74 Å². The number of esters is 1. The number of ether oxygens (including phenoxy) is 1. The van der Waals surface area contributed by atoms with Crippen LogP contribution in [-0.4, -0.2) is 12.6 Å². The normalized spacial score (nSPS) is 36.2. The molecule has 0 radical (unpaired) electrons. The highest BCUT2D eigenvalue weighted by atomic mass is 16.5. The van der Waals surface area contributed by atoms with E-state index in [9.17, 15) is 4.79 Å². The fourth-order valence-corrected chi connectivity index (χ4v) is 2.47. The summed E-state index contributed by atoms with van der Waals surface area (Å²) in [5, 5.41) is 0. The van der Waals surface area contributed by atoms with Crippen molar-refractivity contribution in [3.63, 3.8) is 0 Å². The fraction of sp³-hybridized carbons (Fsp3) is 0.727. The van der Waals surface area contributed by atoms with E-state index in [0.717, 1.165) is 5.92 Å². The number of carbonyl (C=O) groups is 1. The minimum absolute atomic E-state index is 0.148. The highest BCUT2D eigenvalue weighted by Crippen LogP contribution is 2.40. The number of allylic oxidation sites excluding steroid dienone is 2. The third-order valence-electron chi connectivity index (χ3n) is 3.21. The zero-order valence-electron chi connectivity index (χ0n) is 8.03. The van der Waals surface area contributed by atoms with Crippen LogP contribution >= 0.6 is 0 Å². The molecule has 1 fully saturated rings. The molecule has 72 valence electrons. The Bertz CT molecular complexity index is 232. The number of hydrogen-bond donors (Lipinski definition) is 0. The minimum atomic E-state index is -0.148. The van der Waals surface area contributed by atoms with Gasteiger partial charge in [0.1, 0.15) is 0 Å². The molecular formula is C11H16O2. The number of rotatable bonds is 2. The third-order valence-corrected chi connectivity index (χ3v) is 3.21. The molecule has 0 aromatic carbocycles. The van der Waals surface area contributed by atoms with E-state index in [1.165, 1.54) is 26.2 Å². The van der Waals surface area contributed by atoms with Crippen LogP contribution < -0.4 is 0 Å². The highest BCUT2D eigenvalue weighted by Gasteiger charge is 2.32. The van der Waals surface area contributed by atoms with Crippen LogP contribution in [-0.2, 0) is 9.53 Å². The summed E-state index contributed by atoms with van der Waals surface area (Å²) < 4.78 is 5.06. The average Bonchev–Trinajstić information content (AvgIpc) is 2.17. The van der Waals surface area contributed by atoms with Gasteiger partial charge in [-0.05, 0) is 37.0 Å². The topological polar surface area (TPSA) is 26.3 Å². The van der Waals surface area contributed by atoms with E-state index in [2.05, 4.69) is 12.2 Å². The van der Waals surface area contributed by atoms with Crippen LogP contribution in [0.3, 0.4) is 0 Å². The molecule has 0 aromatic rings. The van der Waals surface area contributed by atoms with Gasteiger partial charge in [0.25, 0.3) is 0 Å². The largest absolute Gasteiger partial charge is 0.466 e. The van der Waals surface area contributed by atoms with Gasteiger partial charge in [-0.25, -0.2) is 0 Å². The summed E-state index contributed by atoms with van der Waals surface area (Å²) in [7, 11) is 0. The van der Waals surface area contributed by atoms with Crippen LogP contribution in [0.2, 0.25) is 0 Å². The predicted octanol–water partition coefficient (Wildman–Crippen LogP) is 2.15. The molecule has 0 unspecified atom stereocenters. The van der Waals surface area contributed by atoms with E-state index in [-0.39, 0.29) is 5.97 Å². The monoisotopic (exact) mass is 180 g/mol. The molecular weight excluding hydrogens is 164 g/mol. The first-order valence-electron chi connectivity index (χ1n) is 5.07. The van der Waals surface area contributed by atoms with E-state index >= 15 is 0 Å². The zero-order chi connectivity index (χ0) is 9.26. The van der Waals surface area contributed by atoms with Crippen LogP contribution in [0.1, 0.15) is 26.2 Å². The van der Waals surface area contributed by atoms with Gasteiger partial charge in [0.2, 0.25) is 0 Å². The van der Waals surface area contributed by atoms with Crippen molar-refractivity contribution < 1.29 is 9.53 Å². The smallest absolute Gasteiger partial charge is 0.302 e. The van der Waals surface area contributed by atoms with Crippen LogP contribution in [0.5, 0.6) is 0 Å². The molecule has 3 aliphatic carbocycles. The summed E-state index contributed by atoms with van der Waals surface area (Å²) in [5.41, 5.74) is 0. The second-order valence-electron chi connectivity index (χ2n) is 4.18. The lowest BCUT2D eigenvalue weighted by molar-refractivity contribution is -0.143. The van der Waals surface area contributed by atoms with E-state index in [0.29, 0.717) is 18.4 Å². The molecule has 0 aliphatic heterocycles. The molecule has 0 aromatic heterocycles. The maximum Gasteiger partial charge on any atom is 0.302 e. The SMILES string of the molecule is CC(=O)OC[C@H]1C[C@@H]2C=C[C@@H]1CC2. The quantitative estimate of drug-likeness (QED) is 0.481. The van der Waals surface area contributed by atoms with Crippen molar-refractivity contribution in [3.8, 4) is 0 Å². The van der Waals surface area contributed by atoms with Gasteiger partial charge >= 0.3 is 5.97 Å². The maximum absolute atomic E-state index is 10.7. The van der Waals surface area contributed by atoms with Gasteiger partial charge in [0.15, 0.2) is 0 Å². The van der Waals surface area contributed by atoms with Gasteiger partial charge in [-0.3, -0.25) is 4.79 Å². The molecule has 3 atom stereocenters. The Kier molecular flexibility index (Phi) is 2.38. The van der Waals surface area contributed by atoms with Crippen molar-refractivity contribution in [2.45, 2.75) is 26.2 Å². The summed E-state index contributed by atoms with van der Waals surface area (Å²) >= 11 is 0. The standard InChI is InChI=1S/C11H16O2/c1-8(12)13-7-11-6-9-2-4-10(11)5-3-9/h2,4,9-11H,3,5-7H2,1H3/t9-,10-,11-/m1/s1. The summed E-state index contributed by atoms with van der Waals surface area (Å²) in [4.78, 5) is 10.7. The van der Waals surface area contributed by atoms with Gasteiger partial charge in [-0.15, -0.1) is 0 Å². The van der Waals surface area contributed by atoms with Crippen molar-refractivity contribution in [3.05, 3.63) is 12.2 Å². The summed E-state index contributed by atoms with van der Waals surface area (Å²) in [6.45, 7) is 2.11. The van der Waals surface area contributed by atoms with Crippen molar-refractivity contribution in [1.29, 1.82) is 0 Å². The molecule has 1 saturated carbocycles. The van der Waals surface area contributed by atoms with Crippen LogP contribution in [0, 0.1) is 17.8 Å². The Morgan fingerprint density at radius 1 is 1.46 bits per heavy atom. The first-order chi connectivity index (χ1) is 6.25. The molecule has 0 amide bonds. The lowest BCUT2D eigenvalue weighted by Crippen LogP contribution is -2.30. The molecule has 2 bridgehead atoms. The Morgan fingerprint density at radius 2 is 2.31 bits per heavy atom. The zero-order valence-corrected chi connectivity index (χ0v) is 8.03. The van der Waals surface area contributed by atoms with Gasteiger partial charge in [-0.1, -0.05) is 12.2 Å². The minimum Gasteiger partial charge on any atom is -0.466 e. The van der Waals surface area contributed by atoms with Crippen LogP contribution in [0.15, 0.2) is 12.2 Å². The van der Waals surface area contributed by atoms with Crippen LogP contribution in [0.4, 0.5) is 0 Å². The predicted molar refractivity (Wildman–Crippen MR) is 50.1 cm³/mol. The number of fused-ring (bicyclic) bond motifs is 2. The van der Waals surface area contributed by atoms with Crippen molar-refractivity contribution in [2.24, 2.45) is 17.8 Å². The van der Waals surface area contributed by atoms with Crippen LogP contribution in [0.25, 0.3) is 0 Å². The molecule has 3 aliphatic rings. The summed E-state index contributed by atoms with van der Waals surface area (Å²) in [6.07, 6.45) is 8.48. The Hall–Kier alpha value is -0.790. The van der Waals surface area contributed by atoms with E-state index < -0.39 is 0 Å². The molecule has 0 spiro atoms. The Labute approximate surface area is 79.0 Å². The van der Waals surface area contributed by atoms with Crippen molar-refractivity contribution in [2.75, 3.05) is 6.61 Å². The van der Waals surface area contributed by atoms with Gasteiger partial charge in [0, 0.05) is 6.92 Å². The molecule has 0 heterocycles. The van der Waals surface area contributed by atoms with Gasteiger partial charge in [-0.2, -0.15) is 0 Å². The Morgan fingerprint density at radius 3 is 2.77 bits per heavy atom. The maximum atomic E-state index is 10.7. The van der Waals surface area contributed by atoms with Crippen molar-refractivity contribution in [1.82, 2.24) is 0 Å². The summed E-state index contributed by atoms with van der Waals surface area (Å²) in [5.74, 6) is 1.87. The lowest BCUT2D eigenvalue weighted by atomic mass is 9.69. The number of carbonyl (C=O) groups excluding carboxylic acids is 1. The first kappa shape index (κ1) is 8.79. The summed E-state index contributed by atoms with van der Waals surface area (Å²) in [6, 6.07) is 0. The molecule has 0 N–H and O–H groups in total. The first-order valence-corrected chi connectivity index (χ1v) is 5.07. The highest BCUT2D eigenvalue weighted by molar-refractivity contribution is 5.65. The lowest BCUT2D eigenvalue weighted by Gasteiger charge is -2.37. The fourth-order valence-electron chi connectivity index (χ4n) is 2.47. The second-order valence-corrected chi connectivity index (χ2v) is 4.18. The third kappa shape index (κ3) is 1.93. The van der Waals surface area contributed by atoms with Crippen molar-refractivity contribution >= 4 is 5.97 Å². The molecule has 2 nitrogen and oxygen atoms in total. The second kappa shape index (κ2) is 3.52. The Balaban J connectivity index is 1.88. The average molecular weight is 180 g/mol. The molecule has 13 heavy (non-hydrogen) atoms.